The minimum Gasteiger partial charge on any atom is -0.469 e. The molecule has 1 aromatic carbocycles. The standard InChI is InChI=1S/C22H21NO5S2/c1-12-5-16-20(6-13(12)2)30(25,26)10-15-8-19(29-21(15)16)22(24)23-9-14-3-4-17-18(7-14)28-11-27-17/h3,5-8,17H,4,9-11H2,1-2H3,(H,23,24). The van der Waals surface area contributed by atoms with Gasteiger partial charge in [0.2, 0.25) is 0 Å². The van der Waals surface area contributed by atoms with Gasteiger partial charge in [-0.25, -0.2) is 8.42 Å². The molecule has 5 rings (SSSR count). The zero-order chi connectivity index (χ0) is 21.0. The topological polar surface area (TPSA) is 81.7 Å². The summed E-state index contributed by atoms with van der Waals surface area (Å²) in [6.45, 7) is 4.53. The number of thiophene rings is 1. The Kier molecular flexibility index (Phi) is 4.61. The van der Waals surface area contributed by atoms with Crippen LogP contribution in [0.3, 0.4) is 0 Å². The Morgan fingerprint density at radius 3 is 2.87 bits per heavy atom. The first kappa shape index (κ1) is 19.5. The number of carbonyl (C=O) groups is 1. The van der Waals surface area contributed by atoms with E-state index in [9.17, 15) is 13.2 Å². The van der Waals surface area contributed by atoms with Crippen molar-refractivity contribution in [1.29, 1.82) is 0 Å². The van der Waals surface area contributed by atoms with Gasteiger partial charge < -0.3 is 14.8 Å². The second-order valence-corrected chi connectivity index (χ2v) is 10.8. The van der Waals surface area contributed by atoms with E-state index in [2.05, 4.69) is 5.32 Å². The molecule has 2 aromatic rings. The summed E-state index contributed by atoms with van der Waals surface area (Å²) in [5.74, 6) is 0.528. The van der Waals surface area contributed by atoms with Gasteiger partial charge in [-0.3, -0.25) is 4.79 Å². The molecular formula is C22H21NO5S2. The molecule has 6 nitrogen and oxygen atoms in total. The van der Waals surface area contributed by atoms with E-state index in [1.165, 1.54) is 11.3 Å². The lowest BCUT2D eigenvalue weighted by molar-refractivity contribution is 0.0509. The summed E-state index contributed by atoms with van der Waals surface area (Å²) in [5, 5.41) is 2.94. The van der Waals surface area contributed by atoms with Crippen molar-refractivity contribution in [1.82, 2.24) is 5.32 Å². The van der Waals surface area contributed by atoms with E-state index >= 15 is 0 Å². The summed E-state index contributed by atoms with van der Waals surface area (Å²) in [7, 11) is -3.41. The lowest BCUT2D eigenvalue weighted by atomic mass is 10.0. The number of fused-ring (bicyclic) bond motifs is 4. The zero-order valence-corrected chi connectivity index (χ0v) is 18.3. The maximum Gasteiger partial charge on any atom is 0.261 e. The third-order valence-electron chi connectivity index (χ3n) is 5.74. The third kappa shape index (κ3) is 3.29. The second-order valence-electron chi connectivity index (χ2n) is 7.82. The van der Waals surface area contributed by atoms with Gasteiger partial charge in [-0.2, -0.15) is 0 Å². The Morgan fingerprint density at radius 2 is 2.03 bits per heavy atom. The minimum absolute atomic E-state index is 0.0115. The molecule has 0 spiro atoms. The van der Waals surface area contributed by atoms with Crippen molar-refractivity contribution >= 4 is 27.1 Å². The molecule has 0 saturated carbocycles. The average Bonchev–Trinajstić information content (AvgIpc) is 3.33. The summed E-state index contributed by atoms with van der Waals surface area (Å²) < 4.78 is 36.4. The van der Waals surface area contributed by atoms with Gasteiger partial charge in [-0.1, -0.05) is 6.08 Å². The lowest BCUT2D eigenvalue weighted by Crippen LogP contribution is -2.25. The molecule has 1 N–H and O–H groups in total. The number of hydrogen-bond acceptors (Lipinski definition) is 6. The van der Waals surface area contributed by atoms with Gasteiger partial charge in [-0.15, -0.1) is 11.3 Å². The van der Waals surface area contributed by atoms with Crippen molar-refractivity contribution < 1.29 is 22.7 Å². The fraction of sp³-hybridized carbons (Fsp3) is 0.318. The van der Waals surface area contributed by atoms with Crippen LogP contribution in [0.5, 0.6) is 0 Å². The van der Waals surface area contributed by atoms with Crippen LogP contribution < -0.4 is 5.32 Å². The van der Waals surface area contributed by atoms with Crippen molar-refractivity contribution in [2.45, 2.75) is 37.0 Å². The van der Waals surface area contributed by atoms with E-state index in [1.807, 2.05) is 32.1 Å². The highest BCUT2D eigenvalue weighted by Crippen LogP contribution is 2.43. The number of sulfone groups is 1. The molecule has 1 atom stereocenters. The number of aryl methyl sites for hydroxylation is 2. The molecule has 1 aromatic heterocycles. The van der Waals surface area contributed by atoms with Gasteiger partial charge in [0.1, 0.15) is 11.9 Å². The molecular weight excluding hydrogens is 422 g/mol. The fourth-order valence-corrected chi connectivity index (χ4v) is 6.88. The smallest absolute Gasteiger partial charge is 0.261 e. The van der Waals surface area contributed by atoms with Crippen LogP contribution in [0.15, 0.2) is 46.6 Å². The SMILES string of the molecule is Cc1cc2c(cc1C)S(=O)(=O)Cc1cc(C(=O)NCC3=CCC4OCOC4=C3)sc1-2. The maximum absolute atomic E-state index is 12.8. The summed E-state index contributed by atoms with van der Waals surface area (Å²) in [4.78, 5) is 14.5. The van der Waals surface area contributed by atoms with E-state index in [0.717, 1.165) is 33.8 Å². The monoisotopic (exact) mass is 443 g/mol. The second kappa shape index (κ2) is 7.08. The Labute approximate surface area is 179 Å². The molecule has 2 aliphatic heterocycles. The summed E-state index contributed by atoms with van der Waals surface area (Å²) in [6.07, 6.45) is 4.67. The number of nitrogens with one attached hydrogen (secondary N) is 1. The van der Waals surface area contributed by atoms with Gasteiger partial charge in [-0.05, 0) is 66.8 Å². The third-order valence-corrected chi connectivity index (χ3v) is 8.65. The molecule has 8 heteroatoms. The van der Waals surface area contributed by atoms with Crippen LogP contribution in [0.2, 0.25) is 0 Å². The van der Waals surface area contributed by atoms with E-state index in [4.69, 9.17) is 9.47 Å². The average molecular weight is 444 g/mol. The fourth-order valence-electron chi connectivity index (χ4n) is 3.95. The minimum atomic E-state index is -3.41. The van der Waals surface area contributed by atoms with Gasteiger partial charge in [0.25, 0.3) is 5.91 Å². The molecule has 0 radical (unpaired) electrons. The number of hydrogen-bond donors (Lipinski definition) is 1. The van der Waals surface area contributed by atoms with Crippen LogP contribution in [-0.4, -0.2) is 33.8 Å². The first-order chi connectivity index (χ1) is 14.3. The van der Waals surface area contributed by atoms with E-state index < -0.39 is 9.84 Å². The highest BCUT2D eigenvalue weighted by molar-refractivity contribution is 7.91. The predicted molar refractivity (Wildman–Crippen MR) is 114 cm³/mol. The lowest BCUT2D eigenvalue weighted by Gasteiger charge is -2.18. The van der Waals surface area contributed by atoms with Gasteiger partial charge in [0.15, 0.2) is 16.6 Å². The van der Waals surface area contributed by atoms with E-state index in [-0.39, 0.29) is 24.6 Å². The number of benzene rings is 1. The highest BCUT2D eigenvalue weighted by atomic mass is 32.2. The summed E-state index contributed by atoms with van der Waals surface area (Å²) in [6, 6.07) is 5.37. The largest absolute Gasteiger partial charge is 0.469 e. The number of rotatable bonds is 3. The van der Waals surface area contributed by atoms with E-state index in [1.54, 1.807) is 12.1 Å². The molecule has 1 aliphatic carbocycles. The zero-order valence-electron chi connectivity index (χ0n) is 16.7. The van der Waals surface area contributed by atoms with Crippen molar-refractivity contribution in [3.8, 4) is 10.4 Å². The van der Waals surface area contributed by atoms with E-state index in [0.29, 0.717) is 27.4 Å². The molecule has 3 heterocycles. The van der Waals surface area contributed by atoms with Crippen LogP contribution in [0.4, 0.5) is 0 Å². The molecule has 1 fully saturated rings. The highest BCUT2D eigenvalue weighted by Gasteiger charge is 2.31. The van der Waals surface area contributed by atoms with Gasteiger partial charge in [0, 0.05) is 17.0 Å². The van der Waals surface area contributed by atoms with Gasteiger partial charge in [0.05, 0.1) is 15.5 Å². The predicted octanol–water partition coefficient (Wildman–Crippen LogP) is 3.64. The van der Waals surface area contributed by atoms with Crippen LogP contribution in [-0.2, 0) is 25.1 Å². The van der Waals surface area contributed by atoms with Crippen LogP contribution >= 0.6 is 11.3 Å². The first-order valence-electron chi connectivity index (χ1n) is 9.72. The molecule has 30 heavy (non-hydrogen) atoms. The van der Waals surface area contributed by atoms with Gasteiger partial charge >= 0.3 is 0 Å². The maximum atomic E-state index is 12.8. The Bertz CT molecular complexity index is 1240. The molecule has 0 bridgehead atoms. The Hall–Kier alpha value is -2.42. The number of ether oxygens (including phenoxy) is 2. The quantitative estimate of drug-likeness (QED) is 0.783. The number of amides is 1. The van der Waals surface area contributed by atoms with Crippen molar-refractivity contribution in [3.63, 3.8) is 0 Å². The normalized spacial score (nSPS) is 20.9. The molecule has 3 aliphatic rings. The van der Waals surface area contributed by atoms with Crippen molar-refractivity contribution in [2.75, 3.05) is 13.3 Å². The summed E-state index contributed by atoms with van der Waals surface area (Å²) >= 11 is 1.35. The summed E-state index contributed by atoms with van der Waals surface area (Å²) in [5.41, 5.74) is 4.35. The molecule has 1 amide bonds. The number of carbonyl (C=O) groups excluding carboxylic acids is 1. The first-order valence-corrected chi connectivity index (χ1v) is 12.2. The van der Waals surface area contributed by atoms with Crippen LogP contribution in [0, 0.1) is 13.8 Å². The van der Waals surface area contributed by atoms with Crippen molar-refractivity contribution in [2.24, 2.45) is 0 Å². The van der Waals surface area contributed by atoms with Crippen molar-refractivity contribution in [3.05, 3.63) is 63.3 Å². The Morgan fingerprint density at radius 1 is 1.23 bits per heavy atom. The Balaban J connectivity index is 1.39. The van der Waals surface area contributed by atoms with Crippen LogP contribution in [0.1, 0.15) is 32.8 Å². The molecule has 1 saturated heterocycles. The molecule has 156 valence electrons. The van der Waals surface area contributed by atoms with Crippen LogP contribution in [0.25, 0.3) is 10.4 Å². The molecule has 1 unspecified atom stereocenters.